The number of aliphatic hydroxyl groups excluding tert-OH is 4. The highest BCUT2D eigenvalue weighted by atomic mass is 16.4. The number of rotatable bonds is 11. The molecule has 32 heavy (non-hydrogen) atoms. The molecule has 0 heterocycles. The van der Waals surface area contributed by atoms with Crippen molar-refractivity contribution < 1.29 is 40.2 Å². The smallest absolute Gasteiger partial charge is 0.335 e. The highest BCUT2D eigenvalue weighted by Gasteiger charge is 2.28. The molecular formula is C20H22N4O8. The van der Waals surface area contributed by atoms with E-state index in [0.717, 1.165) is 6.21 Å². The molecule has 0 saturated heterocycles. The summed E-state index contributed by atoms with van der Waals surface area (Å²) in [5.41, 5.74) is 5.85. The Kier molecular flexibility index (Phi) is 8.80. The summed E-state index contributed by atoms with van der Waals surface area (Å²) in [6, 6.07) is 11.1. The number of hydrogen-bond donors (Lipinski definition) is 8. The van der Waals surface area contributed by atoms with Crippen LogP contribution in [0, 0.1) is 0 Å². The normalized spacial score (nSPS) is 14.6. The Hall–Kier alpha value is -3.84. The van der Waals surface area contributed by atoms with Crippen molar-refractivity contribution in [2.45, 2.75) is 18.3 Å². The summed E-state index contributed by atoms with van der Waals surface area (Å²) in [5.74, 6) is -2.19. The second-order valence-electron chi connectivity index (χ2n) is 6.47. The third kappa shape index (κ3) is 6.85. The topological polar surface area (TPSA) is 204 Å². The van der Waals surface area contributed by atoms with Crippen molar-refractivity contribution in [2.75, 3.05) is 17.5 Å². The second-order valence-corrected chi connectivity index (χ2v) is 6.47. The summed E-state index contributed by atoms with van der Waals surface area (Å²) < 4.78 is 0. The van der Waals surface area contributed by atoms with Gasteiger partial charge in [0.2, 0.25) is 0 Å². The molecule has 0 aromatic heterocycles. The van der Waals surface area contributed by atoms with Crippen LogP contribution in [0.2, 0.25) is 0 Å². The van der Waals surface area contributed by atoms with Crippen molar-refractivity contribution in [3.63, 3.8) is 0 Å². The molecule has 2 aromatic carbocycles. The number of aromatic carboxylic acids is 2. The van der Waals surface area contributed by atoms with Crippen molar-refractivity contribution in [1.82, 2.24) is 0 Å². The minimum atomic E-state index is -1.78. The molecule has 3 atom stereocenters. The molecule has 12 heteroatoms. The lowest BCUT2D eigenvalue weighted by atomic mass is 10.0. The number of hydrazone groups is 2. The fourth-order valence-electron chi connectivity index (χ4n) is 2.34. The zero-order valence-electron chi connectivity index (χ0n) is 16.5. The first-order chi connectivity index (χ1) is 15.2. The predicted molar refractivity (Wildman–Crippen MR) is 115 cm³/mol. The highest BCUT2D eigenvalue weighted by Crippen LogP contribution is 2.11. The molecule has 8 N–H and O–H groups in total. The van der Waals surface area contributed by atoms with Gasteiger partial charge in [-0.15, -0.1) is 0 Å². The van der Waals surface area contributed by atoms with Crippen LogP contribution in [0.25, 0.3) is 0 Å². The highest BCUT2D eigenvalue weighted by molar-refractivity contribution is 6.33. The molecule has 170 valence electrons. The van der Waals surface area contributed by atoms with Crippen LogP contribution in [-0.4, -0.2) is 79.4 Å². The summed E-state index contributed by atoms with van der Waals surface area (Å²) in [4.78, 5) is 21.8. The zero-order chi connectivity index (χ0) is 23.7. The summed E-state index contributed by atoms with van der Waals surface area (Å²) in [6.45, 7) is -0.805. The van der Waals surface area contributed by atoms with Crippen LogP contribution in [-0.2, 0) is 0 Å². The molecule has 0 bridgehead atoms. The zero-order valence-corrected chi connectivity index (χ0v) is 16.5. The van der Waals surface area contributed by atoms with Gasteiger partial charge in [0.15, 0.2) is 0 Å². The molecule has 0 aliphatic heterocycles. The van der Waals surface area contributed by atoms with E-state index >= 15 is 0 Å². The van der Waals surface area contributed by atoms with E-state index in [1.807, 2.05) is 0 Å². The quantitative estimate of drug-likeness (QED) is 0.172. The van der Waals surface area contributed by atoms with Gasteiger partial charge in [0, 0.05) is 0 Å². The van der Waals surface area contributed by atoms with Gasteiger partial charge < -0.3 is 30.6 Å². The third-order valence-corrected chi connectivity index (χ3v) is 4.18. The van der Waals surface area contributed by atoms with Crippen LogP contribution < -0.4 is 10.9 Å². The SMILES string of the molecule is O=C(O)c1ccc(N/N=C\C(=N/Nc2ccc(C(=O)O)cc2)C(O)C(O)C(O)CO)cc1. The average Bonchev–Trinajstić information content (AvgIpc) is 2.80. The van der Waals surface area contributed by atoms with Crippen molar-refractivity contribution in [3.05, 3.63) is 59.7 Å². The molecule has 2 aromatic rings. The van der Waals surface area contributed by atoms with Crippen molar-refractivity contribution >= 4 is 35.2 Å². The third-order valence-electron chi connectivity index (χ3n) is 4.18. The molecule has 0 fully saturated rings. The van der Waals surface area contributed by atoms with E-state index in [4.69, 9.17) is 15.3 Å². The summed E-state index contributed by atoms with van der Waals surface area (Å²) in [7, 11) is 0. The van der Waals surface area contributed by atoms with E-state index in [9.17, 15) is 24.9 Å². The minimum Gasteiger partial charge on any atom is -0.478 e. The molecule has 0 saturated carbocycles. The van der Waals surface area contributed by atoms with Gasteiger partial charge in [-0.1, -0.05) is 0 Å². The monoisotopic (exact) mass is 446 g/mol. The van der Waals surface area contributed by atoms with Crippen LogP contribution in [0.5, 0.6) is 0 Å². The van der Waals surface area contributed by atoms with E-state index in [-0.39, 0.29) is 16.8 Å². The number of carboxylic acid groups (broad SMARTS) is 2. The van der Waals surface area contributed by atoms with Crippen LogP contribution in [0.3, 0.4) is 0 Å². The van der Waals surface area contributed by atoms with Gasteiger partial charge in [0.1, 0.15) is 24.0 Å². The van der Waals surface area contributed by atoms with Crippen molar-refractivity contribution in [1.29, 1.82) is 0 Å². The summed E-state index contributed by atoms with van der Waals surface area (Å²) in [5, 5.41) is 64.5. The Balaban J connectivity index is 2.18. The molecular weight excluding hydrogens is 424 g/mol. The fraction of sp³-hybridized carbons (Fsp3) is 0.200. The maximum atomic E-state index is 10.9. The van der Waals surface area contributed by atoms with Crippen molar-refractivity contribution in [2.24, 2.45) is 10.2 Å². The number of nitrogens with one attached hydrogen (secondary N) is 2. The first-order valence-electron chi connectivity index (χ1n) is 9.17. The molecule has 3 unspecified atom stereocenters. The van der Waals surface area contributed by atoms with Crippen LogP contribution in [0.4, 0.5) is 11.4 Å². The van der Waals surface area contributed by atoms with Crippen LogP contribution in [0.1, 0.15) is 20.7 Å². The maximum absolute atomic E-state index is 10.9. The maximum Gasteiger partial charge on any atom is 0.335 e. The Morgan fingerprint density at radius 1 is 0.844 bits per heavy atom. The van der Waals surface area contributed by atoms with E-state index in [0.29, 0.717) is 11.4 Å². The van der Waals surface area contributed by atoms with Gasteiger partial charge in [-0.25, -0.2) is 9.59 Å². The molecule has 2 rings (SSSR count). The van der Waals surface area contributed by atoms with E-state index in [1.165, 1.54) is 48.5 Å². The standard InChI is InChI=1S/C20H22N4O8/c25-10-16(26)18(28)17(27)15(24-23-14-7-3-12(4-8-14)20(31)32)9-21-22-13-5-1-11(2-6-13)19(29)30/h1-9,16-18,22-23,25-28H,10H2,(H,29,30)(H,31,32)/b21-9-,24-15+. The van der Waals surface area contributed by atoms with Crippen LogP contribution in [0.15, 0.2) is 58.7 Å². The lowest BCUT2D eigenvalue weighted by molar-refractivity contribution is -0.0548. The van der Waals surface area contributed by atoms with Gasteiger partial charge in [-0.05, 0) is 48.5 Å². The number of benzene rings is 2. The largest absolute Gasteiger partial charge is 0.478 e. The lowest BCUT2D eigenvalue weighted by Gasteiger charge is -2.21. The lowest BCUT2D eigenvalue weighted by Crippen LogP contribution is -2.44. The minimum absolute atomic E-state index is 0.0564. The number of aliphatic hydroxyl groups is 4. The number of carbonyl (C=O) groups is 2. The molecule has 0 amide bonds. The first kappa shape index (κ1) is 24.4. The van der Waals surface area contributed by atoms with Gasteiger partial charge in [0.05, 0.1) is 35.3 Å². The molecule has 12 nitrogen and oxygen atoms in total. The van der Waals surface area contributed by atoms with Gasteiger partial charge in [0.25, 0.3) is 0 Å². The van der Waals surface area contributed by atoms with Gasteiger partial charge in [-0.2, -0.15) is 10.2 Å². The number of anilines is 2. The van der Waals surface area contributed by atoms with Gasteiger partial charge >= 0.3 is 11.9 Å². The molecule has 0 spiro atoms. The Morgan fingerprint density at radius 3 is 1.75 bits per heavy atom. The fourth-order valence-corrected chi connectivity index (χ4v) is 2.34. The predicted octanol–water partition coefficient (Wildman–Crippen LogP) is 0.0238. The van der Waals surface area contributed by atoms with Crippen molar-refractivity contribution in [3.8, 4) is 0 Å². The average molecular weight is 446 g/mol. The Labute approximate surface area is 181 Å². The van der Waals surface area contributed by atoms with Crippen LogP contribution >= 0.6 is 0 Å². The Bertz CT molecular complexity index is 976. The van der Waals surface area contributed by atoms with E-state index in [2.05, 4.69) is 21.1 Å². The summed E-state index contributed by atoms with van der Waals surface area (Å²) >= 11 is 0. The first-order valence-corrected chi connectivity index (χ1v) is 9.17. The van der Waals surface area contributed by atoms with E-state index in [1.54, 1.807) is 0 Å². The van der Waals surface area contributed by atoms with Gasteiger partial charge in [-0.3, -0.25) is 10.9 Å². The summed E-state index contributed by atoms with van der Waals surface area (Å²) in [6.07, 6.45) is -4.13. The number of hydrogen-bond acceptors (Lipinski definition) is 10. The number of nitrogens with zero attached hydrogens (tertiary/aromatic N) is 2. The second kappa shape index (κ2) is 11.5. The molecule has 0 aliphatic carbocycles. The molecule has 0 radical (unpaired) electrons. The number of carboxylic acids is 2. The van der Waals surface area contributed by atoms with E-state index < -0.39 is 36.9 Å². The molecule has 0 aliphatic rings. The Morgan fingerprint density at radius 2 is 1.31 bits per heavy atom.